The molecule has 0 aliphatic carbocycles. The molecule has 0 radical (unpaired) electrons. The van der Waals surface area contributed by atoms with E-state index in [4.69, 9.17) is 14.7 Å². The molecule has 0 aliphatic heterocycles. The van der Waals surface area contributed by atoms with Gasteiger partial charge in [-0.1, -0.05) is 66.7 Å². The van der Waals surface area contributed by atoms with Crippen molar-refractivity contribution in [2.45, 2.75) is 33.4 Å². The van der Waals surface area contributed by atoms with Crippen molar-refractivity contribution in [3.63, 3.8) is 0 Å². The van der Waals surface area contributed by atoms with E-state index in [0.29, 0.717) is 30.3 Å². The van der Waals surface area contributed by atoms with Gasteiger partial charge >= 0.3 is 5.97 Å². The monoisotopic (exact) mass is 569 g/mol. The number of carboxylic acid groups (broad SMARTS) is 1. The number of carbonyl (C=O) groups excluding carboxylic acids is 1. The molecule has 0 bridgehead atoms. The molecule has 4 aromatic carbocycles. The van der Waals surface area contributed by atoms with E-state index in [1.54, 1.807) is 19.9 Å². The predicted molar refractivity (Wildman–Crippen MR) is 167 cm³/mol. The van der Waals surface area contributed by atoms with Crippen LogP contribution in [0.2, 0.25) is 0 Å². The Bertz CT molecular complexity index is 1980. The summed E-state index contributed by atoms with van der Waals surface area (Å²) in [7, 11) is 0. The van der Waals surface area contributed by atoms with Gasteiger partial charge in [0.15, 0.2) is 0 Å². The van der Waals surface area contributed by atoms with Gasteiger partial charge in [-0.15, -0.1) is 0 Å². The average Bonchev–Trinajstić information content (AvgIpc) is 3.35. The van der Waals surface area contributed by atoms with Crippen molar-refractivity contribution >= 4 is 34.2 Å². The molecule has 2 heterocycles. The summed E-state index contributed by atoms with van der Waals surface area (Å²) in [6.07, 6.45) is 1.09. The third-order valence-corrected chi connectivity index (χ3v) is 7.70. The highest BCUT2D eigenvalue weighted by atomic mass is 16.5. The largest absolute Gasteiger partial charge is 0.487 e. The Balaban J connectivity index is 1.35. The van der Waals surface area contributed by atoms with E-state index in [-0.39, 0.29) is 6.42 Å². The number of pyridine rings is 1. The Hall–Kier alpha value is -5.30. The zero-order valence-electron chi connectivity index (χ0n) is 24.0. The number of carboxylic acids is 1. The summed E-state index contributed by atoms with van der Waals surface area (Å²) in [5.74, 6) is 0.443. The Morgan fingerprint density at radius 1 is 0.884 bits per heavy atom. The van der Waals surface area contributed by atoms with Crippen LogP contribution in [0, 0.1) is 5.41 Å². The number of fused-ring (bicyclic) bond motifs is 2. The number of aliphatic carboxylic acids is 1. The zero-order chi connectivity index (χ0) is 30.0. The van der Waals surface area contributed by atoms with E-state index in [9.17, 15) is 14.7 Å². The number of nitrogens with zero attached hydrogens (tertiary/aromatic N) is 3. The highest BCUT2D eigenvalue weighted by Gasteiger charge is 2.30. The van der Waals surface area contributed by atoms with Crippen molar-refractivity contribution in [3.8, 4) is 16.9 Å². The maximum absolute atomic E-state index is 12.1. The summed E-state index contributed by atoms with van der Waals surface area (Å²) in [6.45, 7) is 4.21. The van der Waals surface area contributed by atoms with Crippen LogP contribution in [-0.2, 0) is 24.4 Å². The number of benzene rings is 4. The quantitative estimate of drug-likeness (QED) is 0.173. The minimum atomic E-state index is -1.02. The molecule has 7 heteroatoms. The Morgan fingerprint density at radius 2 is 1.70 bits per heavy atom. The number of aromatic nitrogens is 3. The van der Waals surface area contributed by atoms with Gasteiger partial charge in [0.05, 0.1) is 27.7 Å². The first kappa shape index (κ1) is 27.8. The molecule has 0 saturated carbocycles. The molecule has 1 N–H and O–H groups in total. The van der Waals surface area contributed by atoms with Crippen LogP contribution in [-0.4, -0.2) is 31.9 Å². The second-order valence-electron chi connectivity index (χ2n) is 11.3. The van der Waals surface area contributed by atoms with E-state index in [2.05, 4.69) is 10.6 Å². The predicted octanol–water partition coefficient (Wildman–Crippen LogP) is 7.34. The van der Waals surface area contributed by atoms with Crippen LogP contribution in [0.5, 0.6) is 5.75 Å². The van der Waals surface area contributed by atoms with Gasteiger partial charge in [-0.25, -0.2) is 9.97 Å². The van der Waals surface area contributed by atoms with Gasteiger partial charge in [0, 0.05) is 30.0 Å². The first-order chi connectivity index (χ1) is 20.8. The molecule has 7 nitrogen and oxygen atoms in total. The number of hydrogen-bond acceptors (Lipinski definition) is 5. The van der Waals surface area contributed by atoms with Crippen LogP contribution in [0.3, 0.4) is 0 Å². The lowest BCUT2D eigenvalue weighted by Gasteiger charge is -2.20. The van der Waals surface area contributed by atoms with Gasteiger partial charge in [0.2, 0.25) is 0 Å². The van der Waals surface area contributed by atoms with Gasteiger partial charge in [0.25, 0.3) is 0 Å². The molecule has 0 unspecified atom stereocenters. The van der Waals surface area contributed by atoms with Gasteiger partial charge in [-0.3, -0.25) is 9.59 Å². The van der Waals surface area contributed by atoms with Crippen LogP contribution in [0.15, 0.2) is 103 Å². The molecule has 0 saturated heterocycles. The van der Waals surface area contributed by atoms with Crippen molar-refractivity contribution in [2.24, 2.45) is 5.41 Å². The third kappa shape index (κ3) is 5.88. The summed E-state index contributed by atoms with van der Waals surface area (Å²) in [6, 6.07) is 33.3. The molecular weight excluding hydrogens is 538 g/mol. The van der Waals surface area contributed by atoms with Crippen LogP contribution < -0.4 is 4.74 Å². The van der Waals surface area contributed by atoms with Gasteiger partial charge < -0.3 is 14.4 Å². The lowest BCUT2D eigenvalue weighted by atomic mass is 9.89. The van der Waals surface area contributed by atoms with Gasteiger partial charge in [0.1, 0.15) is 24.5 Å². The molecule has 0 aliphatic rings. The SMILES string of the molecule is CC(C)(Cc1nc2cc(OCc3ccc4ccccc4n3)ccc2n1Cc1ccccc1-c1cccc(C=O)c1)C(=O)O. The first-order valence-electron chi connectivity index (χ1n) is 14.1. The Morgan fingerprint density at radius 3 is 2.53 bits per heavy atom. The van der Waals surface area contributed by atoms with Crippen LogP contribution in [0.1, 0.15) is 41.3 Å². The third-order valence-electron chi connectivity index (χ3n) is 7.70. The second-order valence-corrected chi connectivity index (χ2v) is 11.3. The highest BCUT2D eigenvalue weighted by Crippen LogP contribution is 2.31. The summed E-state index contributed by atoms with van der Waals surface area (Å²) in [5.41, 5.74) is 5.90. The van der Waals surface area contributed by atoms with Gasteiger partial charge in [-0.05, 0) is 60.9 Å². The first-order valence-corrected chi connectivity index (χ1v) is 14.1. The van der Waals surface area contributed by atoms with E-state index >= 15 is 0 Å². The fraction of sp³-hybridized carbons (Fsp3) is 0.167. The lowest BCUT2D eigenvalue weighted by molar-refractivity contribution is -0.146. The normalized spacial score (nSPS) is 11.6. The van der Waals surface area contributed by atoms with Crippen molar-refractivity contribution in [2.75, 3.05) is 0 Å². The minimum Gasteiger partial charge on any atom is -0.487 e. The second kappa shape index (κ2) is 11.5. The van der Waals surface area contributed by atoms with Crippen molar-refractivity contribution in [1.29, 1.82) is 0 Å². The fourth-order valence-corrected chi connectivity index (χ4v) is 5.27. The average molecular weight is 570 g/mol. The number of aldehydes is 1. The highest BCUT2D eigenvalue weighted by molar-refractivity contribution is 5.81. The molecule has 0 spiro atoms. The number of rotatable bonds is 10. The molecule has 6 rings (SSSR count). The summed E-state index contributed by atoms with van der Waals surface area (Å²) in [4.78, 5) is 33.1. The number of ether oxygens (including phenoxy) is 1. The molecule has 2 aromatic heterocycles. The number of carbonyl (C=O) groups is 2. The summed E-state index contributed by atoms with van der Waals surface area (Å²) >= 11 is 0. The van der Waals surface area contributed by atoms with Crippen LogP contribution >= 0.6 is 0 Å². The Labute approximate surface area is 249 Å². The maximum Gasteiger partial charge on any atom is 0.309 e. The van der Waals surface area contributed by atoms with E-state index in [1.807, 2.05) is 91.0 Å². The summed E-state index contributed by atoms with van der Waals surface area (Å²) < 4.78 is 8.20. The van der Waals surface area contributed by atoms with E-state index in [0.717, 1.165) is 50.6 Å². The van der Waals surface area contributed by atoms with Gasteiger partial charge in [-0.2, -0.15) is 0 Å². The number of imidazole rings is 1. The van der Waals surface area contributed by atoms with Crippen LogP contribution in [0.4, 0.5) is 0 Å². The molecule has 6 aromatic rings. The standard InChI is InChI=1S/C36H31N3O4/c1-36(2,35(41)42)20-34-38-32-19-29(43-23-28-15-14-25-9-4-6-13-31(25)37-28)16-17-33(32)39(34)21-27-10-3-5-12-30(27)26-11-7-8-24(18-26)22-40/h3-19,22H,20-21,23H2,1-2H3,(H,41,42). The molecular formula is C36H31N3O4. The minimum absolute atomic E-state index is 0.247. The molecule has 43 heavy (non-hydrogen) atoms. The zero-order valence-corrected chi connectivity index (χ0v) is 24.0. The maximum atomic E-state index is 12.1. The molecule has 0 amide bonds. The molecule has 0 atom stereocenters. The topological polar surface area (TPSA) is 94.3 Å². The van der Waals surface area contributed by atoms with Crippen molar-refractivity contribution < 1.29 is 19.4 Å². The Kier molecular flexibility index (Phi) is 7.47. The van der Waals surface area contributed by atoms with E-state index < -0.39 is 11.4 Å². The van der Waals surface area contributed by atoms with Crippen molar-refractivity contribution in [3.05, 3.63) is 126 Å². The number of para-hydroxylation sites is 1. The lowest BCUT2D eigenvalue weighted by Crippen LogP contribution is -2.28. The van der Waals surface area contributed by atoms with Crippen LogP contribution in [0.25, 0.3) is 33.1 Å². The number of hydrogen-bond donors (Lipinski definition) is 1. The molecule has 0 fully saturated rings. The molecule has 214 valence electrons. The fourth-order valence-electron chi connectivity index (χ4n) is 5.27. The van der Waals surface area contributed by atoms with Crippen molar-refractivity contribution in [1.82, 2.24) is 14.5 Å². The smallest absolute Gasteiger partial charge is 0.309 e. The van der Waals surface area contributed by atoms with E-state index in [1.165, 1.54) is 0 Å². The summed E-state index contributed by atoms with van der Waals surface area (Å²) in [5, 5.41) is 11.0.